The summed E-state index contributed by atoms with van der Waals surface area (Å²) >= 11 is 0. The number of hydrogen-bond acceptors (Lipinski definition) is 6. The first-order chi connectivity index (χ1) is 12.3. The lowest BCUT2D eigenvalue weighted by molar-refractivity contribution is 0.0955. The van der Waals surface area contributed by atoms with Gasteiger partial charge in [0.15, 0.2) is 0 Å². The predicted octanol–water partition coefficient (Wildman–Crippen LogP) is 0.437. The van der Waals surface area contributed by atoms with E-state index in [1.54, 1.807) is 24.3 Å². The summed E-state index contributed by atoms with van der Waals surface area (Å²) in [6.07, 6.45) is 0. The van der Waals surface area contributed by atoms with Crippen molar-refractivity contribution in [3.8, 4) is 0 Å². The molecule has 1 aromatic heterocycles. The van der Waals surface area contributed by atoms with E-state index in [9.17, 15) is 18.0 Å². The first-order valence-corrected chi connectivity index (χ1v) is 9.21. The Hall–Kier alpha value is -2.69. The summed E-state index contributed by atoms with van der Waals surface area (Å²) in [5.74, 6) is -0.835. The van der Waals surface area contributed by atoms with Gasteiger partial charge in [0, 0.05) is 19.2 Å². The number of anilines is 1. The molecule has 0 unspecified atom stereocenters. The Balaban J connectivity index is 2.28. The minimum absolute atomic E-state index is 0.0518. The molecule has 0 fully saturated rings. The highest BCUT2D eigenvalue weighted by molar-refractivity contribution is 7.89. The van der Waals surface area contributed by atoms with Crippen molar-refractivity contribution in [3.63, 3.8) is 0 Å². The zero-order valence-corrected chi connectivity index (χ0v) is 15.1. The molecule has 2 amide bonds. The highest BCUT2D eigenvalue weighted by atomic mass is 32.2. The Bertz CT molecular complexity index is 920. The van der Waals surface area contributed by atoms with E-state index in [0.29, 0.717) is 6.54 Å². The third kappa shape index (κ3) is 4.28. The number of furan rings is 1. The molecule has 0 spiro atoms. The fourth-order valence-electron chi connectivity index (χ4n) is 2.17. The third-order valence-electron chi connectivity index (χ3n) is 3.52. The Kier molecular flexibility index (Phi) is 6.14. The van der Waals surface area contributed by atoms with E-state index in [4.69, 9.17) is 10.2 Å². The summed E-state index contributed by atoms with van der Waals surface area (Å²) in [5, 5.41) is 4.86. The van der Waals surface area contributed by atoms with Crippen LogP contribution < -0.4 is 21.1 Å². The van der Waals surface area contributed by atoms with Gasteiger partial charge in [0.2, 0.25) is 5.09 Å². The number of carbonyl (C=O) groups excluding carboxylic acids is 2. The highest BCUT2D eigenvalue weighted by Gasteiger charge is 2.23. The molecule has 140 valence electrons. The Morgan fingerprint density at radius 1 is 1.15 bits per heavy atom. The molecule has 5 N–H and O–H groups in total. The maximum Gasteiger partial charge on any atom is 0.273 e. The van der Waals surface area contributed by atoms with Crippen LogP contribution in [0.4, 0.5) is 5.69 Å². The van der Waals surface area contributed by atoms with Crippen LogP contribution in [-0.4, -0.2) is 40.4 Å². The topological polar surface area (TPSA) is 144 Å². The molecular weight excluding hydrogens is 360 g/mol. The van der Waals surface area contributed by atoms with Gasteiger partial charge in [-0.3, -0.25) is 9.59 Å². The monoisotopic (exact) mass is 380 g/mol. The Morgan fingerprint density at radius 3 is 2.50 bits per heavy atom. The van der Waals surface area contributed by atoms with E-state index >= 15 is 0 Å². The first kappa shape index (κ1) is 19.6. The zero-order chi connectivity index (χ0) is 19.3. The van der Waals surface area contributed by atoms with Crippen LogP contribution in [-0.2, 0) is 10.0 Å². The van der Waals surface area contributed by atoms with E-state index in [0.717, 1.165) is 6.07 Å². The SMILES string of the molecule is CNS(=O)(=O)c1cc(C(=O)Nc2ccccc2C(=O)NCCN)c(C)o1. The summed E-state index contributed by atoms with van der Waals surface area (Å²) in [5.41, 5.74) is 5.96. The number of benzene rings is 1. The average molecular weight is 380 g/mol. The van der Waals surface area contributed by atoms with Crippen molar-refractivity contribution in [1.29, 1.82) is 0 Å². The molecule has 0 saturated carbocycles. The number of aryl methyl sites for hydroxylation is 1. The van der Waals surface area contributed by atoms with Crippen molar-refractivity contribution in [2.75, 3.05) is 25.5 Å². The van der Waals surface area contributed by atoms with Crippen LogP contribution in [0.25, 0.3) is 0 Å². The number of hydrogen-bond donors (Lipinski definition) is 4. The van der Waals surface area contributed by atoms with Gasteiger partial charge >= 0.3 is 0 Å². The minimum Gasteiger partial charge on any atom is -0.448 e. The molecule has 0 radical (unpaired) electrons. The van der Waals surface area contributed by atoms with Crippen LogP contribution in [0.3, 0.4) is 0 Å². The molecule has 0 aliphatic rings. The average Bonchev–Trinajstić information content (AvgIpc) is 3.03. The molecule has 0 atom stereocenters. The minimum atomic E-state index is -3.81. The molecule has 10 heteroatoms. The van der Waals surface area contributed by atoms with Crippen LogP contribution in [0.15, 0.2) is 39.8 Å². The summed E-state index contributed by atoms with van der Waals surface area (Å²) < 4.78 is 30.9. The van der Waals surface area contributed by atoms with Crippen LogP contribution in [0, 0.1) is 6.92 Å². The van der Waals surface area contributed by atoms with E-state index in [-0.39, 0.29) is 40.1 Å². The number of para-hydroxylation sites is 1. The molecule has 2 rings (SSSR count). The second-order valence-corrected chi connectivity index (χ2v) is 7.10. The van der Waals surface area contributed by atoms with Crippen LogP contribution in [0.5, 0.6) is 0 Å². The predicted molar refractivity (Wildman–Crippen MR) is 95.5 cm³/mol. The summed E-state index contributed by atoms with van der Waals surface area (Å²) in [6.45, 7) is 2.06. The van der Waals surface area contributed by atoms with Crippen molar-refractivity contribution < 1.29 is 22.4 Å². The maximum absolute atomic E-state index is 12.5. The molecule has 1 aromatic carbocycles. The number of amides is 2. The summed E-state index contributed by atoms with van der Waals surface area (Å²) in [4.78, 5) is 24.7. The number of sulfonamides is 1. The molecule has 0 aliphatic carbocycles. The third-order valence-corrected chi connectivity index (χ3v) is 4.79. The zero-order valence-electron chi connectivity index (χ0n) is 14.3. The Labute approximate surface area is 151 Å². The van der Waals surface area contributed by atoms with Crippen molar-refractivity contribution >= 4 is 27.5 Å². The maximum atomic E-state index is 12.5. The van der Waals surface area contributed by atoms with Crippen LogP contribution >= 0.6 is 0 Å². The smallest absolute Gasteiger partial charge is 0.273 e. The van der Waals surface area contributed by atoms with Gasteiger partial charge in [0.05, 0.1) is 16.8 Å². The van der Waals surface area contributed by atoms with Gasteiger partial charge in [-0.05, 0) is 26.1 Å². The Morgan fingerprint density at radius 2 is 1.85 bits per heavy atom. The van der Waals surface area contributed by atoms with Crippen molar-refractivity contribution in [3.05, 3.63) is 47.2 Å². The van der Waals surface area contributed by atoms with E-state index in [1.807, 2.05) is 0 Å². The second kappa shape index (κ2) is 8.13. The van der Waals surface area contributed by atoms with E-state index in [2.05, 4.69) is 15.4 Å². The standard InChI is InChI=1S/C16H20N4O5S/c1-10-12(9-14(25-10)26(23,24)18-2)16(22)20-13-6-4-3-5-11(13)15(21)19-8-7-17/h3-6,9,18H,7-8,17H2,1-2H3,(H,19,21)(H,20,22). The lowest BCUT2D eigenvalue weighted by Crippen LogP contribution is -2.30. The number of rotatable bonds is 7. The molecule has 1 heterocycles. The normalized spacial score (nSPS) is 11.2. The second-order valence-electron chi connectivity index (χ2n) is 5.29. The molecule has 26 heavy (non-hydrogen) atoms. The van der Waals surface area contributed by atoms with Gasteiger partial charge in [-0.1, -0.05) is 12.1 Å². The summed E-state index contributed by atoms with van der Waals surface area (Å²) in [7, 11) is -2.57. The van der Waals surface area contributed by atoms with Gasteiger partial charge < -0.3 is 20.8 Å². The molecule has 2 aromatic rings. The van der Waals surface area contributed by atoms with Crippen LogP contribution in [0.1, 0.15) is 26.5 Å². The first-order valence-electron chi connectivity index (χ1n) is 7.72. The molecule has 9 nitrogen and oxygen atoms in total. The molecule has 0 bridgehead atoms. The fourth-order valence-corrected chi connectivity index (χ4v) is 2.88. The lowest BCUT2D eigenvalue weighted by Gasteiger charge is -2.10. The van der Waals surface area contributed by atoms with E-state index in [1.165, 1.54) is 14.0 Å². The van der Waals surface area contributed by atoms with Crippen LogP contribution in [0.2, 0.25) is 0 Å². The fraction of sp³-hybridized carbons (Fsp3) is 0.250. The van der Waals surface area contributed by atoms with Gasteiger partial charge in [-0.15, -0.1) is 0 Å². The molecular formula is C16H20N4O5S. The quantitative estimate of drug-likeness (QED) is 0.549. The molecule has 0 aliphatic heterocycles. The van der Waals surface area contributed by atoms with Gasteiger partial charge in [0.25, 0.3) is 21.8 Å². The van der Waals surface area contributed by atoms with E-state index < -0.39 is 15.9 Å². The number of nitrogens with one attached hydrogen (secondary N) is 3. The lowest BCUT2D eigenvalue weighted by atomic mass is 10.1. The summed E-state index contributed by atoms with van der Waals surface area (Å²) in [6, 6.07) is 7.58. The highest BCUT2D eigenvalue weighted by Crippen LogP contribution is 2.21. The van der Waals surface area contributed by atoms with Crippen molar-refractivity contribution in [2.24, 2.45) is 5.73 Å². The van der Waals surface area contributed by atoms with Gasteiger partial charge in [-0.25, -0.2) is 13.1 Å². The number of nitrogens with two attached hydrogens (primary N) is 1. The molecule has 0 saturated heterocycles. The largest absolute Gasteiger partial charge is 0.448 e. The van der Waals surface area contributed by atoms with Gasteiger partial charge in [0.1, 0.15) is 5.76 Å². The van der Waals surface area contributed by atoms with Gasteiger partial charge in [-0.2, -0.15) is 0 Å². The van der Waals surface area contributed by atoms with Crippen molar-refractivity contribution in [2.45, 2.75) is 12.0 Å². The number of carbonyl (C=O) groups is 2. The van der Waals surface area contributed by atoms with Crippen molar-refractivity contribution in [1.82, 2.24) is 10.0 Å².